The average Bonchev–Trinajstić information content (AvgIpc) is 3.04. The molecule has 3 aliphatic rings. The van der Waals surface area contributed by atoms with Gasteiger partial charge in [0.05, 0.1) is 0 Å². The highest BCUT2D eigenvalue weighted by Crippen LogP contribution is 2.30. The molecule has 3 heterocycles. The number of hydrogen-bond acceptors (Lipinski definition) is 5. The molecule has 7 heteroatoms. The quantitative estimate of drug-likeness (QED) is 0.609. The third-order valence-corrected chi connectivity index (χ3v) is 6.08. The van der Waals surface area contributed by atoms with Crippen molar-refractivity contribution in [2.45, 2.75) is 38.3 Å². The van der Waals surface area contributed by atoms with Crippen molar-refractivity contribution in [2.24, 2.45) is 0 Å². The normalized spacial score (nSPS) is 22.6. The molecule has 2 saturated heterocycles. The lowest BCUT2D eigenvalue weighted by Gasteiger charge is -2.30. The molecule has 1 unspecified atom stereocenters. The Morgan fingerprint density at radius 1 is 1.17 bits per heavy atom. The minimum absolute atomic E-state index is 0.0461. The van der Waals surface area contributed by atoms with Gasteiger partial charge in [-0.15, -0.1) is 0 Å². The number of hydrogen-bond donors (Lipinski definition) is 3. The lowest BCUT2D eigenvalue weighted by atomic mass is 10.0. The Hall–Kier alpha value is -2.38. The molecule has 29 heavy (non-hydrogen) atoms. The molecule has 4 rings (SSSR count). The van der Waals surface area contributed by atoms with E-state index in [2.05, 4.69) is 33.5 Å². The number of fused-ring (bicyclic) bond motifs is 1. The number of amides is 2. The molecule has 3 aliphatic heterocycles. The van der Waals surface area contributed by atoms with Gasteiger partial charge in [0.2, 0.25) is 5.91 Å². The van der Waals surface area contributed by atoms with Gasteiger partial charge in [-0.25, -0.2) is 0 Å². The number of piperidine rings is 1. The molecule has 3 N–H and O–H groups in total. The number of rotatable bonds is 7. The van der Waals surface area contributed by atoms with Crippen LogP contribution in [-0.2, 0) is 11.3 Å². The second kappa shape index (κ2) is 8.97. The van der Waals surface area contributed by atoms with Crippen LogP contribution in [-0.4, -0.2) is 66.9 Å². The fraction of sp³-hybridized carbons (Fsp3) is 0.545. The zero-order valence-corrected chi connectivity index (χ0v) is 17.0. The van der Waals surface area contributed by atoms with Crippen molar-refractivity contribution in [3.8, 4) is 0 Å². The number of allylic oxidation sites excluding steroid dienone is 1. The average molecular weight is 398 g/mol. The molecule has 0 aromatic heterocycles. The van der Waals surface area contributed by atoms with Gasteiger partial charge in [0.15, 0.2) is 0 Å². The number of piperazine rings is 1. The van der Waals surface area contributed by atoms with E-state index in [1.165, 1.54) is 6.42 Å². The van der Waals surface area contributed by atoms with Crippen LogP contribution in [0, 0.1) is 0 Å². The third kappa shape index (κ3) is 4.62. The second-order valence-electron chi connectivity index (χ2n) is 8.18. The first-order valence-electron chi connectivity index (χ1n) is 10.7. The Balaban J connectivity index is 1.27. The van der Waals surface area contributed by atoms with E-state index in [0.717, 1.165) is 69.1 Å². The van der Waals surface area contributed by atoms with E-state index in [9.17, 15) is 9.59 Å². The van der Waals surface area contributed by atoms with Crippen molar-refractivity contribution in [1.29, 1.82) is 0 Å². The van der Waals surface area contributed by atoms with Gasteiger partial charge < -0.3 is 25.8 Å². The molecule has 2 amide bonds. The van der Waals surface area contributed by atoms with E-state index in [1.54, 1.807) is 4.90 Å². The van der Waals surface area contributed by atoms with E-state index in [1.807, 2.05) is 12.1 Å². The van der Waals surface area contributed by atoms with Crippen LogP contribution in [0.5, 0.6) is 0 Å². The summed E-state index contributed by atoms with van der Waals surface area (Å²) in [5, 5.41) is 9.65. The maximum atomic E-state index is 12.8. The van der Waals surface area contributed by atoms with Gasteiger partial charge in [0.25, 0.3) is 5.91 Å². The van der Waals surface area contributed by atoms with E-state index >= 15 is 0 Å². The summed E-state index contributed by atoms with van der Waals surface area (Å²) in [6, 6.07) is 5.52. The number of anilines is 1. The maximum Gasteiger partial charge on any atom is 0.255 e. The summed E-state index contributed by atoms with van der Waals surface area (Å²) < 4.78 is 0. The first kappa shape index (κ1) is 19.9. The molecule has 1 aromatic rings. The molecule has 0 saturated carbocycles. The predicted molar refractivity (Wildman–Crippen MR) is 114 cm³/mol. The molecule has 0 aliphatic carbocycles. The number of unbranched alkanes of at least 4 members (excludes halogenated alkanes) is 1. The van der Waals surface area contributed by atoms with Gasteiger partial charge >= 0.3 is 0 Å². The zero-order valence-electron chi connectivity index (χ0n) is 17.0. The summed E-state index contributed by atoms with van der Waals surface area (Å²) in [4.78, 5) is 29.3. The minimum atomic E-state index is -0.401. The zero-order chi connectivity index (χ0) is 20.2. The summed E-state index contributed by atoms with van der Waals surface area (Å²) >= 11 is 0. The van der Waals surface area contributed by atoms with Crippen LogP contribution in [0.15, 0.2) is 30.5 Å². The van der Waals surface area contributed by atoms with Crippen LogP contribution in [0.4, 0.5) is 5.69 Å². The number of nitrogens with one attached hydrogen (secondary N) is 3. The summed E-state index contributed by atoms with van der Waals surface area (Å²) in [6.45, 7) is 10.9. The molecule has 2 fully saturated rings. The summed E-state index contributed by atoms with van der Waals surface area (Å²) in [5.74, 6) is -0.166. The van der Waals surface area contributed by atoms with Crippen molar-refractivity contribution in [3.05, 3.63) is 41.6 Å². The van der Waals surface area contributed by atoms with Crippen LogP contribution >= 0.6 is 0 Å². The topological polar surface area (TPSA) is 76.7 Å². The van der Waals surface area contributed by atoms with Crippen molar-refractivity contribution in [2.75, 3.05) is 44.6 Å². The second-order valence-corrected chi connectivity index (χ2v) is 8.18. The summed E-state index contributed by atoms with van der Waals surface area (Å²) in [7, 11) is 0. The van der Waals surface area contributed by atoms with Crippen molar-refractivity contribution in [3.63, 3.8) is 0 Å². The van der Waals surface area contributed by atoms with Crippen LogP contribution in [0.1, 0.15) is 41.6 Å². The Morgan fingerprint density at radius 3 is 2.79 bits per heavy atom. The van der Waals surface area contributed by atoms with E-state index in [4.69, 9.17) is 0 Å². The highest BCUT2D eigenvalue weighted by atomic mass is 16.2. The molecule has 156 valence electrons. The molecule has 0 spiro atoms. The minimum Gasteiger partial charge on any atom is -0.385 e. The molecule has 1 aromatic carbocycles. The molecule has 0 radical (unpaired) electrons. The number of nitrogens with zero attached hydrogens (tertiary/aromatic N) is 2. The SMILES string of the molecule is C=C1CCC(N2Cc3cc(NCCCCN4CCNCC4)ccc3C2=O)C(=O)N1. The Labute approximate surface area is 172 Å². The van der Waals surface area contributed by atoms with Crippen LogP contribution in [0.2, 0.25) is 0 Å². The molecular weight excluding hydrogens is 366 g/mol. The summed E-state index contributed by atoms with van der Waals surface area (Å²) in [6.07, 6.45) is 3.67. The van der Waals surface area contributed by atoms with Gasteiger partial charge in [-0.05, 0) is 56.0 Å². The van der Waals surface area contributed by atoms with Gasteiger partial charge in [0, 0.05) is 56.2 Å². The number of carbonyl (C=O) groups is 2. The van der Waals surface area contributed by atoms with E-state index in [-0.39, 0.29) is 11.8 Å². The van der Waals surface area contributed by atoms with Gasteiger partial charge in [0.1, 0.15) is 6.04 Å². The van der Waals surface area contributed by atoms with E-state index in [0.29, 0.717) is 18.5 Å². The molecule has 1 atom stereocenters. The Morgan fingerprint density at radius 2 is 2.00 bits per heavy atom. The van der Waals surface area contributed by atoms with Gasteiger partial charge in [-0.1, -0.05) is 6.58 Å². The predicted octanol–water partition coefficient (Wildman–Crippen LogP) is 1.53. The Kier molecular flexibility index (Phi) is 6.16. The number of carbonyl (C=O) groups excluding carboxylic acids is 2. The standard InChI is InChI=1S/C22H31N5O2/c1-16-4-7-20(21(28)25-16)27-15-17-14-18(5-6-19(17)22(27)29)24-8-2-3-11-26-12-9-23-10-13-26/h5-6,14,20,23-24H,1-4,7-13,15H2,(H,25,28). The highest BCUT2D eigenvalue weighted by molar-refractivity contribution is 6.01. The van der Waals surface area contributed by atoms with Crippen molar-refractivity contribution < 1.29 is 9.59 Å². The number of benzene rings is 1. The summed E-state index contributed by atoms with van der Waals surface area (Å²) in [5.41, 5.74) is 3.49. The molecule has 0 bridgehead atoms. The van der Waals surface area contributed by atoms with Crippen LogP contribution in [0.25, 0.3) is 0 Å². The largest absolute Gasteiger partial charge is 0.385 e. The van der Waals surface area contributed by atoms with Crippen molar-refractivity contribution >= 4 is 17.5 Å². The highest BCUT2D eigenvalue weighted by Gasteiger charge is 2.38. The first-order valence-corrected chi connectivity index (χ1v) is 10.7. The van der Waals surface area contributed by atoms with E-state index < -0.39 is 6.04 Å². The third-order valence-electron chi connectivity index (χ3n) is 6.08. The van der Waals surface area contributed by atoms with Crippen LogP contribution in [0.3, 0.4) is 0 Å². The molecular formula is C22H31N5O2. The van der Waals surface area contributed by atoms with Gasteiger partial charge in [-0.3, -0.25) is 9.59 Å². The lowest BCUT2D eigenvalue weighted by Crippen LogP contribution is -2.49. The Bertz CT molecular complexity index is 787. The molecule has 7 nitrogen and oxygen atoms in total. The monoisotopic (exact) mass is 397 g/mol. The maximum absolute atomic E-state index is 12.8. The lowest BCUT2D eigenvalue weighted by molar-refractivity contribution is -0.126. The smallest absolute Gasteiger partial charge is 0.255 e. The first-order chi connectivity index (χ1) is 14.1. The fourth-order valence-electron chi connectivity index (χ4n) is 4.39. The van der Waals surface area contributed by atoms with Gasteiger partial charge in [-0.2, -0.15) is 0 Å². The van der Waals surface area contributed by atoms with Crippen molar-refractivity contribution in [1.82, 2.24) is 20.4 Å². The fourth-order valence-corrected chi connectivity index (χ4v) is 4.39. The van der Waals surface area contributed by atoms with Crippen LogP contribution < -0.4 is 16.0 Å².